The predicted molar refractivity (Wildman–Crippen MR) is 92.2 cm³/mol. The normalized spacial score (nSPS) is 21.0. The van der Waals surface area contributed by atoms with E-state index in [-0.39, 0.29) is 23.7 Å². The van der Waals surface area contributed by atoms with Gasteiger partial charge < -0.3 is 9.32 Å². The lowest BCUT2D eigenvalue weighted by molar-refractivity contribution is -0.134. The fourth-order valence-corrected chi connectivity index (χ4v) is 3.27. The van der Waals surface area contributed by atoms with Crippen molar-refractivity contribution in [3.05, 3.63) is 53.5 Å². The summed E-state index contributed by atoms with van der Waals surface area (Å²) < 4.78 is 18.5. The zero-order valence-corrected chi connectivity index (χ0v) is 14.5. The van der Waals surface area contributed by atoms with E-state index in [2.05, 4.69) is 10.2 Å². The number of aryl methyl sites for hydroxylation is 1. The highest BCUT2D eigenvalue weighted by molar-refractivity contribution is 5.79. The summed E-state index contributed by atoms with van der Waals surface area (Å²) in [6.07, 6.45) is 5.84. The molecule has 0 N–H and O–H groups in total. The van der Waals surface area contributed by atoms with Crippen LogP contribution in [0.1, 0.15) is 49.4 Å². The van der Waals surface area contributed by atoms with Gasteiger partial charge in [-0.15, -0.1) is 10.2 Å². The van der Waals surface area contributed by atoms with Crippen LogP contribution in [0.4, 0.5) is 4.39 Å². The molecule has 1 fully saturated rings. The molecule has 5 nitrogen and oxygen atoms in total. The van der Waals surface area contributed by atoms with Gasteiger partial charge in [-0.25, -0.2) is 4.39 Å². The van der Waals surface area contributed by atoms with Crippen LogP contribution < -0.4 is 0 Å². The molecule has 0 saturated carbocycles. The van der Waals surface area contributed by atoms with Gasteiger partial charge in [0.2, 0.25) is 17.7 Å². The Hall–Kier alpha value is -2.50. The van der Waals surface area contributed by atoms with E-state index in [4.69, 9.17) is 4.42 Å². The van der Waals surface area contributed by atoms with Crippen molar-refractivity contribution in [2.75, 3.05) is 6.54 Å². The summed E-state index contributed by atoms with van der Waals surface area (Å²) >= 11 is 0. The lowest BCUT2D eigenvalue weighted by Gasteiger charge is -2.37. The van der Waals surface area contributed by atoms with Gasteiger partial charge in [-0.2, -0.15) is 0 Å². The maximum atomic E-state index is 12.9. The molecule has 1 saturated heterocycles. The molecule has 0 spiro atoms. The van der Waals surface area contributed by atoms with Gasteiger partial charge in [0, 0.05) is 25.9 Å². The molecule has 1 aliphatic rings. The Labute approximate surface area is 146 Å². The van der Waals surface area contributed by atoms with Crippen molar-refractivity contribution >= 4 is 12.0 Å². The van der Waals surface area contributed by atoms with Crippen LogP contribution in [0.2, 0.25) is 0 Å². The van der Waals surface area contributed by atoms with Gasteiger partial charge in [0.15, 0.2) is 0 Å². The van der Waals surface area contributed by atoms with E-state index in [1.807, 2.05) is 24.0 Å². The van der Waals surface area contributed by atoms with Crippen molar-refractivity contribution < 1.29 is 13.6 Å². The van der Waals surface area contributed by atoms with Crippen molar-refractivity contribution in [3.8, 4) is 0 Å². The van der Waals surface area contributed by atoms with Crippen LogP contribution in [-0.4, -0.2) is 33.6 Å². The zero-order chi connectivity index (χ0) is 17.8. The maximum Gasteiger partial charge on any atom is 0.226 e. The third kappa shape index (κ3) is 4.13. The number of carbonyl (C=O) groups is 1. The number of halogens is 1. The van der Waals surface area contributed by atoms with Crippen molar-refractivity contribution in [2.24, 2.45) is 0 Å². The van der Waals surface area contributed by atoms with Crippen LogP contribution >= 0.6 is 0 Å². The second-order valence-corrected chi connectivity index (χ2v) is 6.39. The van der Waals surface area contributed by atoms with Crippen molar-refractivity contribution in [3.63, 3.8) is 0 Å². The lowest BCUT2D eigenvalue weighted by Crippen LogP contribution is -2.45. The number of likely N-dealkylation sites (tertiary alicyclic amines) is 1. The topological polar surface area (TPSA) is 59.2 Å². The van der Waals surface area contributed by atoms with Crippen LogP contribution in [0, 0.1) is 12.7 Å². The number of amides is 1. The third-order valence-corrected chi connectivity index (χ3v) is 4.64. The van der Waals surface area contributed by atoms with E-state index in [9.17, 15) is 9.18 Å². The summed E-state index contributed by atoms with van der Waals surface area (Å²) in [5.41, 5.74) is 0.875. The number of nitrogens with zero attached hydrogens (tertiary/aromatic N) is 3. The van der Waals surface area contributed by atoms with Crippen molar-refractivity contribution in [2.45, 2.75) is 45.1 Å². The van der Waals surface area contributed by atoms with Crippen molar-refractivity contribution in [1.82, 2.24) is 15.1 Å². The minimum atomic E-state index is -0.266. The molecular weight excluding hydrogens is 321 g/mol. The van der Waals surface area contributed by atoms with E-state index in [0.717, 1.165) is 24.9 Å². The van der Waals surface area contributed by atoms with Gasteiger partial charge in [0.25, 0.3) is 0 Å². The summed E-state index contributed by atoms with van der Waals surface area (Å²) in [7, 11) is 0. The first-order valence-electron chi connectivity index (χ1n) is 8.56. The average molecular weight is 343 g/mol. The van der Waals surface area contributed by atoms with E-state index in [1.54, 1.807) is 19.1 Å². The van der Waals surface area contributed by atoms with E-state index < -0.39 is 0 Å². The molecule has 1 aliphatic heterocycles. The number of piperidine rings is 1. The van der Waals surface area contributed by atoms with Gasteiger partial charge in [-0.3, -0.25) is 4.79 Å². The number of aromatic nitrogens is 2. The molecule has 3 rings (SSSR count). The number of carbonyl (C=O) groups excluding carboxylic acids is 1. The maximum absolute atomic E-state index is 12.9. The van der Waals surface area contributed by atoms with Crippen LogP contribution in [0.5, 0.6) is 0 Å². The standard InChI is InChI=1S/C19H22FN3O2/c1-13-17(19-22-21-14(2)25-19)6-4-12-23(13)18(24)7-3-5-15-8-10-16(20)11-9-15/h3,5,8-11,13,17H,4,6-7,12H2,1-2H3/b5-3+/t13-,17-/m0/s1. The molecule has 0 unspecified atom stereocenters. The third-order valence-electron chi connectivity index (χ3n) is 4.64. The summed E-state index contributed by atoms with van der Waals surface area (Å²) in [4.78, 5) is 14.5. The molecule has 0 aliphatic carbocycles. The van der Waals surface area contributed by atoms with Gasteiger partial charge in [-0.05, 0) is 37.5 Å². The smallest absolute Gasteiger partial charge is 0.226 e. The lowest BCUT2D eigenvalue weighted by atomic mass is 9.90. The Balaban J connectivity index is 1.62. The molecule has 6 heteroatoms. The zero-order valence-electron chi connectivity index (χ0n) is 14.5. The molecule has 132 valence electrons. The number of benzene rings is 1. The summed E-state index contributed by atoms with van der Waals surface area (Å²) in [6, 6.07) is 6.22. The number of hydrogen-bond acceptors (Lipinski definition) is 4. The SMILES string of the molecule is Cc1nnc([C@H]2CCCN(C(=O)C/C=C/c3ccc(F)cc3)[C@H]2C)o1. The summed E-state index contributed by atoms with van der Waals surface area (Å²) in [5, 5.41) is 8.02. The monoisotopic (exact) mass is 343 g/mol. The minimum absolute atomic E-state index is 0.0281. The molecule has 25 heavy (non-hydrogen) atoms. The van der Waals surface area contributed by atoms with Crippen molar-refractivity contribution in [1.29, 1.82) is 0 Å². The second kappa shape index (κ2) is 7.59. The van der Waals surface area contributed by atoms with Gasteiger partial charge in [0.05, 0.1) is 5.92 Å². The Morgan fingerprint density at radius 2 is 2.12 bits per heavy atom. The molecule has 2 heterocycles. The molecule has 2 atom stereocenters. The fraction of sp³-hybridized carbons (Fsp3) is 0.421. The van der Waals surface area contributed by atoms with E-state index >= 15 is 0 Å². The molecule has 0 bridgehead atoms. The Kier molecular flexibility index (Phi) is 5.26. The first-order chi connectivity index (χ1) is 12.0. The minimum Gasteiger partial charge on any atom is -0.425 e. The number of rotatable bonds is 4. The van der Waals surface area contributed by atoms with Crippen LogP contribution in [0.25, 0.3) is 6.08 Å². The Morgan fingerprint density at radius 1 is 1.36 bits per heavy atom. The second-order valence-electron chi connectivity index (χ2n) is 6.39. The first-order valence-corrected chi connectivity index (χ1v) is 8.56. The Bertz CT molecular complexity index is 754. The first kappa shape index (κ1) is 17.3. The highest BCUT2D eigenvalue weighted by Crippen LogP contribution is 2.32. The van der Waals surface area contributed by atoms with Gasteiger partial charge >= 0.3 is 0 Å². The van der Waals surface area contributed by atoms with Gasteiger partial charge in [0.1, 0.15) is 5.82 Å². The van der Waals surface area contributed by atoms with E-state index in [0.29, 0.717) is 18.2 Å². The largest absolute Gasteiger partial charge is 0.425 e. The molecule has 1 aromatic carbocycles. The predicted octanol–water partition coefficient (Wildman–Crippen LogP) is 3.72. The van der Waals surface area contributed by atoms with Gasteiger partial charge in [-0.1, -0.05) is 24.3 Å². The average Bonchev–Trinajstić information content (AvgIpc) is 3.03. The van der Waals surface area contributed by atoms with E-state index in [1.165, 1.54) is 12.1 Å². The summed E-state index contributed by atoms with van der Waals surface area (Å²) in [6.45, 7) is 4.55. The highest BCUT2D eigenvalue weighted by Gasteiger charge is 2.34. The Morgan fingerprint density at radius 3 is 2.80 bits per heavy atom. The summed E-state index contributed by atoms with van der Waals surface area (Å²) in [5.74, 6) is 1.06. The molecule has 1 amide bonds. The van der Waals surface area contributed by atoms with Crippen LogP contribution in [0.3, 0.4) is 0 Å². The molecule has 1 aromatic heterocycles. The van der Waals surface area contributed by atoms with Crippen LogP contribution in [-0.2, 0) is 4.79 Å². The molecule has 0 radical (unpaired) electrons. The molecule has 2 aromatic rings. The highest BCUT2D eigenvalue weighted by atomic mass is 19.1. The van der Waals surface area contributed by atoms with Crippen LogP contribution in [0.15, 0.2) is 34.8 Å². The number of hydrogen-bond donors (Lipinski definition) is 0. The molecular formula is C19H22FN3O2. The fourth-order valence-electron chi connectivity index (χ4n) is 3.27. The quantitative estimate of drug-likeness (QED) is 0.849.